The first kappa shape index (κ1) is 12.2. The molecule has 6 heteroatoms. The lowest BCUT2D eigenvalue weighted by atomic mass is 10.3. The summed E-state index contributed by atoms with van der Waals surface area (Å²) in [7, 11) is 0. The Bertz CT molecular complexity index is 514. The summed E-state index contributed by atoms with van der Waals surface area (Å²) in [6, 6.07) is 4.26. The fourth-order valence-electron chi connectivity index (χ4n) is 2.13. The van der Waals surface area contributed by atoms with E-state index in [1.165, 1.54) is 11.3 Å². The summed E-state index contributed by atoms with van der Waals surface area (Å²) in [4.78, 5) is 3.55. The molecule has 0 amide bonds. The monoisotopic (exact) mass is 326 g/mol. The highest BCUT2D eigenvalue weighted by atomic mass is 79.9. The molecule has 1 aliphatic rings. The maximum atomic E-state index is 4.43. The van der Waals surface area contributed by atoms with Crippen LogP contribution in [0.15, 0.2) is 22.0 Å². The summed E-state index contributed by atoms with van der Waals surface area (Å²) >= 11 is 5.20. The predicted molar refractivity (Wildman–Crippen MR) is 79.3 cm³/mol. The maximum absolute atomic E-state index is 4.43. The van der Waals surface area contributed by atoms with E-state index >= 15 is 0 Å². The molecule has 1 saturated heterocycles. The number of halogens is 1. The first-order chi connectivity index (χ1) is 8.83. The third-order valence-electron chi connectivity index (χ3n) is 3.06. The lowest BCUT2D eigenvalue weighted by Crippen LogP contribution is -2.28. The van der Waals surface area contributed by atoms with E-state index < -0.39 is 0 Å². The molecular weight excluding hydrogens is 312 g/mol. The molecule has 0 unspecified atom stereocenters. The Morgan fingerprint density at radius 2 is 2.22 bits per heavy atom. The van der Waals surface area contributed by atoms with Crippen molar-refractivity contribution in [2.45, 2.75) is 6.42 Å². The molecule has 0 atom stereocenters. The lowest BCUT2D eigenvalue weighted by molar-refractivity contribution is 0.724. The van der Waals surface area contributed by atoms with Gasteiger partial charge in [0.25, 0.3) is 0 Å². The Labute approximate surface area is 119 Å². The van der Waals surface area contributed by atoms with Crippen molar-refractivity contribution in [3.63, 3.8) is 0 Å². The fourth-order valence-corrected chi connectivity index (χ4v) is 3.52. The molecule has 0 aliphatic carbocycles. The number of thiophene rings is 1. The van der Waals surface area contributed by atoms with E-state index in [9.17, 15) is 0 Å². The van der Waals surface area contributed by atoms with Crippen LogP contribution in [0.4, 0.5) is 5.82 Å². The van der Waals surface area contributed by atoms with E-state index in [1.807, 2.05) is 0 Å². The minimum atomic E-state index is 1.03. The number of nitrogens with zero attached hydrogens (tertiary/aromatic N) is 2. The Kier molecular flexibility index (Phi) is 3.67. The summed E-state index contributed by atoms with van der Waals surface area (Å²) in [5.41, 5.74) is 1.10. The Hall–Kier alpha value is -0.850. The van der Waals surface area contributed by atoms with Crippen molar-refractivity contribution in [1.82, 2.24) is 15.5 Å². The molecule has 0 spiro atoms. The van der Waals surface area contributed by atoms with Crippen LogP contribution in [0.3, 0.4) is 0 Å². The molecule has 0 saturated carbocycles. The van der Waals surface area contributed by atoms with Gasteiger partial charge < -0.3 is 10.2 Å². The molecule has 0 radical (unpaired) electrons. The number of hydrogen-bond acceptors (Lipinski definition) is 4. The van der Waals surface area contributed by atoms with E-state index in [0.29, 0.717) is 0 Å². The van der Waals surface area contributed by atoms with Crippen LogP contribution >= 0.6 is 27.3 Å². The number of anilines is 1. The van der Waals surface area contributed by atoms with Crippen LogP contribution in [0.25, 0.3) is 10.6 Å². The standard InChI is InChI=1S/C12H15BrN4S/c13-9-6-11(18-8-9)10-7-12(16-15-10)17-4-1-2-14-3-5-17/h6-8,14H,1-5H2,(H,15,16). The molecule has 0 aromatic carbocycles. The van der Waals surface area contributed by atoms with Crippen molar-refractivity contribution in [3.05, 3.63) is 22.0 Å². The van der Waals surface area contributed by atoms with Crippen LogP contribution in [-0.2, 0) is 0 Å². The number of rotatable bonds is 2. The largest absolute Gasteiger partial charge is 0.354 e. The molecular formula is C12H15BrN4S. The number of aromatic nitrogens is 2. The molecule has 4 nitrogen and oxygen atoms in total. The second-order valence-corrected chi connectivity index (χ2v) is 6.19. The number of nitrogens with one attached hydrogen (secondary N) is 2. The Balaban J connectivity index is 1.80. The van der Waals surface area contributed by atoms with E-state index in [-0.39, 0.29) is 0 Å². The SMILES string of the molecule is Brc1csc(-c2cc(N3CCCNCC3)n[nH]2)c1. The number of hydrogen-bond donors (Lipinski definition) is 2. The van der Waals surface area contributed by atoms with E-state index in [2.05, 4.69) is 53.9 Å². The third-order valence-corrected chi connectivity index (χ3v) is 4.79. The highest BCUT2D eigenvalue weighted by Crippen LogP contribution is 2.30. The summed E-state index contributed by atoms with van der Waals surface area (Å²) in [6.07, 6.45) is 1.17. The van der Waals surface area contributed by atoms with Crippen molar-refractivity contribution < 1.29 is 0 Å². The zero-order valence-corrected chi connectivity index (χ0v) is 12.4. The highest BCUT2D eigenvalue weighted by Gasteiger charge is 2.13. The summed E-state index contributed by atoms with van der Waals surface area (Å²) in [5, 5.41) is 13.1. The molecule has 96 valence electrons. The minimum Gasteiger partial charge on any atom is -0.354 e. The van der Waals surface area contributed by atoms with Gasteiger partial charge in [0.15, 0.2) is 5.82 Å². The number of H-pyrrole nitrogens is 1. The minimum absolute atomic E-state index is 1.03. The van der Waals surface area contributed by atoms with Gasteiger partial charge in [0.2, 0.25) is 0 Å². The average Bonchev–Trinajstić information content (AvgIpc) is 2.92. The molecule has 1 aliphatic heterocycles. The first-order valence-electron chi connectivity index (χ1n) is 6.08. The van der Waals surface area contributed by atoms with Crippen LogP contribution in [0.1, 0.15) is 6.42 Å². The van der Waals surface area contributed by atoms with Gasteiger partial charge in [0, 0.05) is 35.6 Å². The van der Waals surface area contributed by atoms with Crippen LogP contribution in [-0.4, -0.2) is 36.4 Å². The zero-order chi connectivity index (χ0) is 12.4. The van der Waals surface area contributed by atoms with E-state index in [4.69, 9.17) is 0 Å². The Morgan fingerprint density at radius 3 is 3.06 bits per heavy atom. The van der Waals surface area contributed by atoms with Crippen molar-refractivity contribution in [2.24, 2.45) is 0 Å². The van der Waals surface area contributed by atoms with Gasteiger partial charge in [-0.1, -0.05) is 0 Å². The molecule has 0 bridgehead atoms. The fraction of sp³-hybridized carbons (Fsp3) is 0.417. The van der Waals surface area contributed by atoms with Crippen LogP contribution in [0.2, 0.25) is 0 Å². The maximum Gasteiger partial charge on any atom is 0.151 e. The van der Waals surface area contributed by atoms with Gasteiger partial charge in [0.05, 0.1) is 10.6 Å². The van der Waals surface area contributed by atoms with Crippen LogP contribution in [0.5, 0.6) is 0 Å². The van der Waals surface area contributed by atoms with Crippen molar-refractivity contribution in [2.75, 3.05) is 31.1 Å². The second-order valence-electron chi connectivity index (χ2n) is 4.36. The van der Waals surface area contributed by atoms with Crippen molar-refractivity contribution in [3.8, 4) is 10.6 Å². The van der Waals surface area contributed by atoms with Gasteiger partial charge in [-0.05, 0) is 35.0 Å². The van der Waals surface area contributed by atoms with Gasteiger partial charge in [-0.3, -0.25) is 5.10 Å². The molecule has 18 heavy (non-hydrogen) atoms. The first-order valence-corrected chi connectivity index (χ1v) is 7.76. The van der Waals surface area contributed by atoms with Gasteiger partial charge in [-0.2, -0.15) is 5.10 Å². The molecule has 1 fully saturated rings. The highest BCUT2D eigenvalue weighted by molar-refractivity contribution is 9.10. The normalized spacial score (nSPS) is 16.8. The number of aromatic amines is 1. The van der Waals surface area contributed by atoms with Crippen LogP contribution < -0.4 is 10.2 Å². The summed E-state index contributed by atoms with van der Waals surface area (Å²) in [5.74, 6) is 1.05. The van der Waals surface area contributed by atoms with Gasteiger partial charge in [-0.25, -0.2) is 0 Å². The quantitative estimate of drug-likeness (QED) is 0.891. The van der Waals surface area contributed by atoms with Gasteiger partial charge >= 0.3 is 0 Å². The molecule has 3 rings (SSSR count). The molecule has 3 heterocycles. The lowest BCUT2D eigenvalue weighted by Gasteiger charge is -2.18. The summed E-state index contributed by atoms with van der Waals surface area (Å²) < 4.78 is 1.12. The smallest absolute Gasteiger partial charge is 0.151 e. The van der Waals surface area contributed by atoms with E-state index in [1.54, 1.807) is 11.3 Å². The molecule has 2 aromatic heterocycles. The van der Waals surface area contributed by atoms with Crippen LogP contribution in [0, 0.1) is 0 Å². The predicted octanol–water partition coefficient (Wildman–Crippen LogP) is 2.70. The zero-order valence-electron chi connectivity index (χ0n) is 9.95. The Morgan fingerprint density at radius 1 is 1.28 bits per heavy atom. The third kappa shape index (κ3) is 2.60. The van der Waals surface area contributed by atoms with Crippen molar-refractivity contribution in [1.29, 1.82) is 0 Å². The molecule has 2 N–H and O–H groups in total. The van der Waals surface area contributed by atoms with E-state index in [0.717, 1.165) is 42.2 Å². The molecule has 2 aromatic rings. The van der Waals surface area contributed by atoms with Gasteiger partial charge in [0.1, 0.15) is 0 Å². The second kappa shape index (κ2) is 5.42. The van der Waals surface area contributed by atoms with Crippen molar-refractivity contribution >= 4 is 33.1 Å². The topological polar surface area (TPSA) is 44.0 Å². The summed E-state index contributed by atoms with van der Waals surface area (Å²) in [6.45, 7) is 4.24. The average molecular weight is 327 g/mol. The van der Waals surface area contributed by atoms with Gasteiger partial charge in [-0.15, -0.1) is 11.3 Å².